The van der Waals surface area contributed by atoms with Crippen LogP contribution in [0.15, 0.2) is 42.5 Å². The molecule has 5 rings (SSSR count). The van der Waals surface area contributed by atoms with E-state index in [1.54, 1.807) is 22.7 Å². The standard InChI is InChI=1S/C18H11ClFN5S/c1-9-24-25-16(17-21-13-7-4-11(19)8-14(13)22-17)15(23-18(25)26-9)10-2-5-12(20)6-3-10/h2-8H,1H3,(H,21,22). The van der Waals surface area contributed by atoms with Crippen LogP contribution >= 0.6 is 22.9 Å². The van der Waals surface area contributed by atoms with Gasteiger partial charge in [-0.25, -0.2) is 14.4 Å². The molecule has 0 aliphatic heterocycles. The Hall–Kier alpha value is -2.77. The fourth-order valence-electron chi connectivity index (χ4n) is 2.96. The van der Waals surface area contributed by atoms with Gasteiger partial charge in [0.15, 0.2) is 5.82 Å². The van der Waals surface area contributed by atoms with Crippen LogP contribution in [0.4, 0.5) is 4.39 Å². The second-order valence-corrected chi connectivity index (χ2v) is 7.47. The van der Waals surface area contributed by atoms with Gasteiger partial charge in [0, 0.05) is 10.6 Å². The number of H-pyrrole nitrogens is 1. The molecule has 3 heterocycles. The van der Waals surface area contributed by atoms with E-state index in [4.69, 9.17) is 16.6 Å². The lowest BCUT2D eigenvalue weighted by molar-refractivity contribution is 0.628. The molecule has 0 fully saturated rings. The van der Waals surface area contributed by atoms with Gasteiger partial charge in [-0.1, -0.05) is 22.9 Å². The van der Waals surface area contributed by atoms with E-state index in [1.807, 2.05) is 19.1 Å². The van der Waals surface area contributed by atoms with Crippen LogP contribution in [-0.2, 0) is 0 Å². The minimum atomic E-state index is -0.288. The van der Waals surface area contributed by atoms with Crippen molar-refractivity contribution >= 4 is 38.9 Å². The lowest BCUT2D eigenvalue weighted by atomic mass is 10.1. The summed E-state index contributed by atoms with van der Waals surface area (Å²) in [4.78, 5) is 13.4. The Labute approximate surface area is 156 Å². The fourth-order valence-corrected chi connectivity index (χ4v) is 3.87. The fraction of sp³-hybridized carbons (Fsp3) is 0.0556. The van der Waals surface area contributed by atoms with Gasteiger partial charge in [-0.05, 0) is 49.4 Å². The highest BCUT2D eigenvalue weighted by Gasteiger charge is 2.21. The van der Waals surface area contributed by atoms with Crippen LogP contribution in [0.5, 0.6) is 0 Å². The highest BCUT2D eigenvalue weighted by atomic mass is 35.5. The van der Waals surface area contributed by atoms with Gasteiger partial charge < -0.3 is 4.98 Å². The van der Waals surface area contributed by atoms with Crippen molar-refractivity contribution in [1.82, 2.24) is 24.6 Å². The summed E-state index contributed by atoms with van der Waals surface area (Å²) in [5.41, 5.74) is 3.88. The molecule has 0 aliphatic carbocycles. The predicted octanol–water partition coefficient (Wildman–Crippen LogP) is 5.10. The molecule has 0 saturated carbocycles. The molecule has 0 spiro atoms. The highest BCUT2D eigenvalue weighted by Crippen LogP contribution is 2.34. The Balaban J connectivity index is 1.81. The number of aromatic nitrogens is 5. The van der Waals surface area contributed by atoms with Crippen molar-refractivity contribution in [2.24, 2.45) is 0 Å². The maximum atomic E-state index is 13.3. The molecule has 0 atom stereocenters. The Bertz CT molecular complexity index is 1270. The molecule has 26 heavy (non-hydrogen) atoms. The summed E-state index contributed by atoms with van der Waals surface area (Å²) >= 11 is 7.57. The van der Waals surface area contributed by atoms with Crippen LogP contribution in [0.2, 0.25) is 5.02 Å². The average molecular weight is 384 g/mol. The van der Waals surface area contributed by atoms with Crippen molar-refractivity contribution in [2.45, 2.75) is 6.92 Å². The van der Waals surface area contributed by atoms with Crippen LogP contribution in [0.3, 0.4) is 0 Å². The number of hydrogen-bond acceptors (Lipinski definition) is 4. The van der Waals surface area contributed by atoms with Crippen molar-refractivity contribution in [2.75, 3.05) is 0 Å². The summed E-state index contributed by atoms with van der Waals surface area (Å²) in [6.45, 7) is 1.93. The predicted molar refractivity (Wildman–Crippen MR) is 101 cm³/mol. The smallest absolute Gasteiger partial charge is 0.213 e. The van der Waals surface area contributed by atoms with Gasteiger partial charge in [0.05, 0.1) is 11.0 Å². The third kappa shape index (κ3) is 2.40. The molecule has 0 unspecified atom stereocenters. The van der Waals surface area contributed by atoms with Gasteiger partial charge in [0.1, 0.15) is 22.2 Å². The Kier molecular flexibility index (Phi) is 3.35. The number of benzene rings is 2. The molecule has 2 aromatic carbocycles. The monoisotopic (exact) mass is 383 g/mol. The van der Waals surface area contributed by atoms with Gasteiger partial charge in [-0.15, -0.1) is 0 Å². The normalized spacial score (nSPS) is 11.7. The second kappa shape index (κ2) is 5.62. The highest BCUT2D eigenvalue weighted by molar-refractivity contribution is 7.16. The summed E-state index contributed by atoms with van der Waals surface area (Å²) in [6.07, 6.45) is 0. The van der Waals surface area contributed by atoms with E-state index in [1.165, 1.54) is 23.5 Å². The number of fused-ring (bicyclic) bond motifs is 2. The minimum absolute atomic E-state index is 0.288. The average Bonchev–Trinajstić information content (AvgIpc) is 3.26. The first-order chi connectivity index (χ1) is 12.6. The largest absolute Gasteiger partial charge is 0.337 e. The molecule has 0 saturated heterocycles. The molecule has 0 radical (unpaired) electrons. The minimum Gasteiger partial charge on any atom is -0.337 e. The van der Waals surface area contributed by atoms with Crippen molar-refractivity contribution in [3.8, 4) is 22.8 Å². The van der Waals surface area contributed by atoms with Gasteiger partial charge in [0.2, 0.25) is 4.96 Å². The zero-order valence-corrected chi connectivity index (χ0v) is 15.1. The quantitative estimate of drug-likeness (QED) is 0.461. The van der Waals surface area contributed by atoms with Gasteiger partial charge in [-0.3, -0.25) is 0 Å². The molecular formula is C18H11ClFN5S. The van der Waals surface area contributed by atoms with E-state index < -0.39 is 0 Å². The van der Waals surface area contributed by atoms with Crippen LogP contribution in [0.1, 0.15) is 5.01 Å². The zero-order valence-electron chi connectivity index (χ0n) is 13.5. The van der Waals surface area contributed by atoms with Crippen LogP contribution in [-0.4, -0.2) is 24.6 Å². The van der Waals surface area contributed by atoms with E-state index in [2.05, 4.69) is 15.1 Å². The molecule has 0 bridgehead atoms. The Morgan fingerprint density at radius 2 is 1.92 bits per heavy atom. The first kappa shape index (κ1) is 15.5. The van der Waals surface area contributed by atoms with Crippen LogP contribution in [0, 0.1) is 12.7 Å². The van der Waals surface area contributed by atoms with Crippen LogP contribution in [0.25, 0.3) is 38.8 Å². The number of rotatable bonds is 2. The van der Waals surface area contributed by atoms with Crippen molar-refractivity contribution < 1.29 is 4.39 Å². The third-order valence-corrected chi connectivity index (χ3v) is 5.15. The Morgan fingerprint density at radius 1 is 1.12 bits per heavy atom. The van der Waals surface area contributed by atoms with Crippen molar-refractivity contribution in [3.63, 3.8) is 0 Å². The number of nitrogens with one attached hydrogen (secondary N) is 1. The van der Waals surface area contributed by atoms with E-state index in [0.29, 0.717) is 16.5 Å². The first-order valence-corrected chi connectivity index (χ1v) is 9.06. The zero-order chi connectivity index (χ0) is 17.8. The Morgan fingerprint density at radius 3 is 2.73 bits per heavy atom. The summed E-state index contributed by atoms with van der Waals surface area (Å²) in [6, 6.07) is 11.7. The SMILES string of the molecule is Cc1nn2c(-c3nc4ccc(Cl)cc4[nH]3)c(-c3ccc(F)cc3)nc2s1. The molecular weight excluding hydrogens is 373 g/mol. The summed E-state index contributed by atoms with van der Waals surface area (Å²) < 4.78 is 15.1. The summed E-state index contributed by atoms with van der Waals surface area (Å²) in [7, 11) is 0. The van der Waals surface area contributed by atoms with E-state index in [-0.39, 0.29) is 5.82 Å². The lowest BCUT2D eigenvalue weighted by Crippen LogP contribution is -1.93. The van der Waals surface area contributed by atoms with Gasteiger partial charge >= 0.3 is 0 Å². The molecule has 1 N–H and O–H groups in total. The lowest BCUT2D eigenvalue weighted by Gasteiger charge is -2.01. The van der Waals surface area contributed by atoms with E-state index in [9.17, 15) is 4.39 Å². The molecule has 5 nitrogen and oxygen atoms in total. The second-order valence-electron chi connectivity index (χ2n) is 5.88. The number of hydrogen-bond donors (Lipinski definition) is 1. The number of aryl methyl sites for hydroxylation is 1. The summed E-state index contributed by atoms with van der Waals surface area (Å²) in [5.74, 6) is 0.350. The van der Waals surface area contributed by atoms with Gasteiger partial charge in [0.25, 0.3) is 0 Å². The maximum absolute atomic E-state index is 13.3. The molecule has 0 amide bonds. The van der Waals surface area contributed by atoms with Gasteiger partial charge in [-0.2, -0.15) is 9.61 Å². The van der Waals surface area contributed by atoms with E-state index >= 15 is 0 Å². The first-order valence-electron chi connectivity index (χ1n) is 7.86. The van der Waals surface area contributed by atoms with Crippen molar-refractivity contribution in [3.05, 3.63) is 58.3 Å². The number of imidazole rings is 2. The number of aromatic amines is 1. The molecule has 3 aromatic heterocycles. The topological polar surface area (TPSA) is 58.9 Å². The number of halogens is 2. The molecule has 8 heteroatoms. The number of nitrogens with zero attached hydrogens (tertiary/aromatic N) is 4. The molecule has 0 aliphatic rings. The maximum Gasteiger partial charge on any atom is 0.213 e. The van der Waals surface area contributed by atoms with Crippen LogP contribution < -0.4 is 0 Å². The summed E-state index contributed by atoms with van der Waals surface area (Å²) in [5, 5.41) is 6.09. The molecule has 5 aromatic rings. The molecule has 128 valence electrons. The van der Waals surface area contributed by atoms with Crippen molar-refractivity contribution in [1.29, 1.82) is 0 Å². The third-order valence-electron chi connectivity index (χ3n) is 4.09. The van der Waals surface area contributed by atoms with E-state index in [0.717, 1.165) is 32.3 Å².